The van der Waals surface area contributed by atoms with Gasteiger partial charge < -0.3 is 20.1 Å². The second-order valence-corrected chi connectivity index (χ2v) is 6.04. The molecule has 0 saturated carbocycles. The van der Waals surface area contributed by atoms with Crippen molar-refractivity contribution >= 4 is 12.1 Å². The number of likely N-dealkylation sites (tertiary alicyclic amines) is 1. The van der Waals surface area contributed by atoms with Crippen LogP contribution in [0.4, 0.5) is 4.79 Å². The second-order valence-electron chi connectivity index (χ2n) is 6.04. The van der Waals surface area contributed by atoms with Gasteiger partial charge in [-0.05, 0) is 31.2 Å². The molecule has 0 unspecified atom stereocenters. The van der Waals surface area contributed by atoms with E-state index >= 15 is 0 Å². The molecule has 0 aliphatic carbocycles. The van der Waals surface area contributed by atoms with Gasteiger partial charge in [-0.1, -0.05) is 30.3 Å². The topological polar surface area (TPSA) is 81.9 Å². The molecule has 1 aromatic rings. The van der Waals surface area contributed by atoms with Gasteiger partial charge in [0.25, 0.3) is 0 Å². The largest absolute Gasteiger partial charge is 0.466 e. The first-order valence-corrected chi connectivity index (χ1v) is 8.47. The minimum absolute atomic E-state index is 0.216. The fraction of sp³-hybridized carbons (Fsp3) is 0.556. The van der Waals surface area contributed by atoms with Crippen molar-refractivity contribution < 1.29 is 19.1 Å². The van der Waals surface area contributed by atoms with Crippen molar-refractivity contribution in [2.45, 2.75) is 38.8 Å². The smallest absolute Gasteiger partial charge is 0.410 e. The number of ether oxygens (including phenoxy) is 2. The standard InChI is InChI=1S/C18H26N2O4/c1-2-23-17(21)12-16(19)15-8-10-20(11-9-15)18(22)24-13-14-6-4-3-5-7-14/h3-7,15-16H,2,8-13,19H2,1H3/t16-/m0/s1. The molecule has 0 radical (unpaired) electrons. The maximum atomic E-state index is 12.1. The predicted octanol–water partition coefficient (Wildman–Crippen LogP) is 2.32. The fourth-order valence-corrected chi connectivity index (χ4v) is 2.90. The molecule has 1 aliphatic heterocycles. The highest BCUT2D eigenvalue weighted by Crippen LogP contribution is 2.22. The van der Waals surface area contributed by atoms with Crippen molar-refractivity contribution in [1.29, 1.82) is 0 Å². The number of carbonyl (C=O) groups excluding carboxylic acids is 2. The van der Waals surface area contributed by atoms with Gasteiger partial charge in [0, 0.05) is 19.1 Å². The zero-order valence-corrected chi connectivity index (χ0v) is 14.1. The highest BCUT2D eigenvalue weighted by Gasteiger charge is 2.28. The van der Waals surface area contributed by atoms with E-state index in [1.54, 1.807) is 11.8 Å². The molecule has 1 aromatic carbocycles. The summed E-state index contributed by atoms with van der Waals surface area (Å²) >= 11 is 0. The Kier molecular flexibility index (Phi) is 7.06. The number of carbonyl (C=O) groups is 2. The summed E-state index contributed by atoms with van der Waals surface area (Å²) in [7, 11) is 0. The minimum Gasteiger partial charge on any atom is -0.466 e. The van der Waals surface area contributed by atoms with Gasteiger partial charge >= 0.3 is 12.1 Å². The van der Waals surface area contributed by atoms with Gasteiger partial charge in [0.15, 0.2) is 0 Å². The molecular weight excluding hydrogens is 308 g/mol. The van der Waals surface area contributed by atoms with Crippen LogP contribution < -0.4 is 5.73 Å². The molecule has 1 saturated heterocycles. The second kappa shape index (κ2) is 9.27. The summed E-state index contributed by atoms with van der Waals surface area (Å²) in [5.41, 5.74) is 7.07. The highest BCUT2D eigenvalue weighted by atomic mass is 16.6. The minimum atomic E-state index is -0.295. The van der Waals surface area contributed by atoms with E-state index in [1.807, 2.05) is 30.3 Å². The Morgan fingerprint density at radius 3 is 2.50 bits per heavy atom. The summed E-state index contributed by atoms with van der Waals surface area (Å²) in [6.45, 7) is 3.64. The summed E-state index contributed by atoms with van der Waals surface area (Å²) in [4.78, 5) is 25.3. The van der Waals surface area contributed by atoms with Crippen LogP contribution in [0.5, 0.6) is 0 Å². The SMILES string of the molecule is CCOC(=O)C[C@H](N)C1CCN(C(=O)OCc2ccccc2)CC1. The van der Waals surface area contributed by atoms with Crippen LogP contribution in [-0.2, 0) is 20.9 Å². The molecule has 24 heavy (non-hydrogen) atoms. The van der Waals surface area contributed by atoms with Gasteiger partial charge in [0.1, 0.15) is 6.61 Å². The number of rotatable bonds is 6. The number of hydrogen-bond donors (Lipinski definition) is 1. The fourth-order valence-electron chi connectivity index (χ4n) is 2.90. The van der Waals surface area contributed by atoms with Gasteiger partial charge in [-0.15, -0.1) is 0 Å². The average Bonchev–Trinajstić information content (AvgIpc) is 2.61. The van der Waals surface area contributed by atoms with E-state index in [-0.39, 0.29) is 37.0 Å². The Morgan fingerprint density at radius 1 is 1.21 bits per heavy atom. The molecule has 0 spiro atoms. The Labute approximate surface area is 142 Å². The number of hydrogen-bond acceptors (Lipinski definition) is 5. The lowest BCUT2D eigenvalue weighted by molar-refractivity contribution is -0.143. The van der Waals surface area contributed by atoms with Crippen molar-refractivity contribution in [3.63, 3.8) is 0 Å². The van der Waals surface area contributed by atoms with E-state index in [4.69, 9.17) is 15.2 Å². The lowest BCUT2D eigenvalue weighted by atomic mass is 9.88. The van der Waals surface area contributed by atoms with E-state index in [0.29, 0.717) is 19.7 Å². The first kappa shape index (κ1) is 18.3. The van der Waals surface area contributed by atoms with Gasteiger partial charge in [0.05, 0.1) is 13.0 Å². The lowest BCUT2D eigenvalue weighted by Crippen LogP contribution is -2.44. The van der Waals surface area contributed by atoms with Gasteiger partial charge in [-0.25, -0.2) is 4.79 Å². The first-order chi connectivity index (χ1) is 11.6. The Hall–Kier alpha value is -2.08. The van der Waals surface area contributed by atoms with Crippen LogP contribution in [0.3, 0.4) is 0 Å². The summed E-state index contributed by atoms with van der Waals surface area (Å²) in [5.74, 6) is -0.0257. The normalized spacial score (nSPS) is 16.5. The molecule has 1 aliphatic rings. The van der Waals surface area contributed by atoms with E-state index in [2.05, 4.69) is 0 Å². The maximum absolute atomic E-state index is 12.1. The summed E-state index contributed by atoms with van der Waals surface area (Å²) in [5, 5.41) is 0. The summed E-state index contributed by atoms with van der Waals surface area (Å²) < 4.78 is 10.3. The molecule has 2 N–H and O–H groups in total. The third kappa shape index (κ3) is 5.53. The zero-order valence-electron chi connectivity index (χ0n) is 14.1. The van der Waals surface area contributed by atoms with E-state index in [1.165, 1.54) is 0 Å². The molecule has 1 amide bonds. The van der Waals surface area contributed by atoms with Gasteiger partial charge in [0.2, 0.25) is 0 Å². The number of nitrogens with two attached hydrogens (primary N) is 1. The summed E-state index contributed by atoms with van der Waals surface area (Å²) in [6.07, 6.45) is 1.50. The molecule has 0 bridgehead atoms. The number of benzene rings is 1. The molecular formula is C18H26N2O4. The van der Waals surface area contributed by atoms with Gasteiger partial charge in [-0.3, -0.25) is 4.79 Å². The van der Waals surface area contributed by atoms with E-state index in [9.17, 15) is 9.59 Å². The predicted molar refractivity (Wildman–Crippen MR) is 90.1 cm³/mol. The molecule has 1 heterocycles. The Morgan fingerprint density at radius 2 is 1.88 bits per heavy atom. The van der Waals surface area contributed by atoms with Crippen LogP contribution in [0.1, 0.15) is 31.7 Å². The van der Waals surface area contributed by atoms with Crippen molar-refractivity contribution in [2.75, 3.05) is 19.7 Å². The number of amides is 1. The first-order valence-electron chi connectivity index (χ1n) is 8.47. The zero-order chi connectivity index (χ0) is 17.4. The van der Waals surface area contributed by atoms with E-state index < -0.39 is 0 Å². The van der Waals surface area contributed by atoms with Crippen LogP contribution >= 0.6 is 0 Å². The third-order valence-electron chi connectivity index (χ3n) is 4.32. The van der Waals surface area contributed by atoms with Crippen molar-refractivity contribution in [2.24, 2.45) is 11.7 Å². The lowest BCUT2D eigenvalue weighted by Gasteiger charge is -2.33. The summed E-state index contributed by atoms with van der Waals surface area (Å²) in [6, 6.07) is 9.39. The molecule has 132 valence electrons. The van der Waals surface area contributed by atoms with Crippen LogP contribution in [0.2, 0.25) is 0 Å². The molecule has 1 fully saturated rings. The molecule has 6 heteroatoms. The van der Waals surface area contributed by atoms with Crippen molar-refractivity contribution in [1.82, 2.24) is 4.90 Å². The number of piperidine rings is 1. The van der Waals surface area contributed by atoms with Crippen molar-refractivity contribution in [3.05, 3.63) is 35.9 Å². The Balaban J connectivity index is 1.71. The molecule has 0 aromatic heterocycles. The van der Waals surface area contributed by atoms with Crippen molar-refractivity contribution in [3.8, 4) is 0 Å². The number of nitrogens with zero attached hydrogens (tertiary/aromatic N) is 1. The number of esters is 1. The molecule has 6 nitrogen and oxygen atoms in total. The molecule has 2 rings (SSSR count). The van der Waals surface area contributed by atoms with Gasteiger partial charge in [-0.2, -0.15) is 0 Å². The molecule has 1 atom stereocenters. The van der Waals surface area contributed by atoms with E-state index in [0.717, 1.165) is 18.4 Å². The van der Waals surface area contributed by atoms with Crippen LogP contribution in [0, 0.1) is 5.92 Å². The third-order valence-corrected chi connectivity index (χ3v) is 4.32. The Bertz CT molecular complexity index is 527. The highest BCUT2D eigenvalue weighted by molar-refractivity contribution is 5.70. The average molecular weight is 334 g/mol. The van der Waals surface area contributed by atoms with Crippen LogP contribution in [-0.4, -0.2) is 42.7 Å². The quantitative estimate of drug-likeness (QED) is 0.807. The monoisotopic (exact) mass is 334 g/mol. The maximum Gasteiger partial charge on any atom is 0.410 e. The van der Waals surface area contributed by atoms with Crippen LogP contribution in [0.25, 0.3) is 0 Å². The van der Waals surface area contributed by atoms with Crippen LogP contribution in [0.15, 0.2) is 30.3 Å².